The van der Waals surface area contributed by atoms with Crippen LogP contribution < -0.4 is 4.74 Å². The molecule has 7 heteroatoms. The standard InChI is InChI=1S/C19H26N2O5/c1-20(2)12-14-11-19(18(24)26-14)6-8-21(9-7-19)17(23)15-5-4-13(25-3)10-16(15)22/h4-5,10,14,22H,6-9,11-12H2,1-3H3. The van der Waals surface area contributed by atoms with E-state index in [0.29, 0.717) is 38.1 Å². The lowest BCUT2D eigenvalue weighted by molar-refractivity contribution is -0.150. The molecule has 26 heavy (non-hydrogen) atoms. The van der Waals surface area contributed by atoms with Crippen LogP contribution in [-0.4, -0.2) is 73.7 Å². The molecule has 0 bridgehead atoms. The van der Waals surface area contributed by atoms with Crippen LogP contribution in [0.15, 0.2) is 18.2 Å². The number of piperidine rings is 1. The minimum absolute atomic E-state index is 0.0783. The van der Waals surface area contributed by atoms with Gasteiger partial charge in [0.1, 0.15) is 17.6 Å². The van der Waals surface area contributed by atoms with E-state index in [4.69, 9.17) is 9.47 Å². The molecule has 2 aliphatic rings. The SMILES string of the molecule is COc1ccc(C(=O)N2CCC3(CC2)CC(CN(C)C)OC3=O)c(O)c1. The molecule has 1 amide bonds. The summed E-state index contributed by atoms with van der Waals surface area (Å²) in [6.07, 6.45) is 1.82. The molecule has 1 aromatic carbocycles. The second-order valence-corrected chi connectivity index (χ2v) is 7.45. The summed E-state index contributed by atoms with van der Waals surface area (Å²) in [6, 6.07) is 4.65. The summed E-state index contributed by atoms with van der Waals surface area (Å²) in [5, 5.41) is 10.1. The molecule has 2 saturated heterocycles. The smallest absolute Gasteiger partial charge is 0.312 e. The number of rotatable bonds is 4. The van der Waals surface area contributed by atoms with Crippen LogP contribution in [-0.2, 0) is 9.53 Å². The van der Waals surface area contributed by atoms with Gasteiger partial charge in [0.2, 0.25) is 0 Å². The maximum Gasteiger partial charge on any atom is 0.312 e. The number of esters is 1. The van der Waals surface area contributed by atoms with Crippen LogP contribution in [0.3, 0.4) is 0 Å². The van der Waals surface area contributed by atoms with Gasteiger partial charge in [-0.05, 0) is 39.1 Å². The number of phenols is 1. The van der Waals surface area contributed by atoms with Crippen LogP contribution in [0.25, 0.3) is 0 Å². The molecule has 2 fully saturated rings. The molecule has 0 radical (unpaired) electrons. The van der Waals surface area contributed by atoms with Gasteiger partial charge in [-0.25, -0.2) is 0 Å². The summed E-state index contributed by atoms with van der Waals surface area (Å²) < 4.78 is 10.6. The van der Waals surface area contributed by atoms with Crippen LogP contribution in [0.5, 0.6) is 11.5 Å². The van der Waals surface area contributed by atoms with E-state index in [9.17, 15) is 14.7 Å². The Balaban J connectivity index is 1.65. The van der Waals surface area contributed by atoms with Crippen molar-refractivity contribution >= 4 is 11.9 Å². The second kappa shape index (κ2) is 7.15. The Morgan fingerprint density at radius 1 is 1.38 bits per heavy atom. The molecule has 3 rings (SSSR count). The molecule has 0 aromatic heterocycles. The number of likely N-dealkylation sites (N-methyl/N-ethyl adjacent to an activating group) is 1. The number of benzene rings is 1. The predicted octanol–water partition coefficient (Wildman–Crippen LogP) is 1.50. The number of nitrogens with zero attached hydrogens (tertiary/aromatic N) is 2. The highest BCUT2D eigenvalue weighted by Gasteiger charge is 2.50. The highest BCUT2D eigenvalue weighted by atomic mass is 16.6. The summed E-state index contributed by atoms with van der Waals surface area (Å²) >= 11 is 0. The third-order valence-corrected chi connectivity index (χ3v) is 5.34. The van der Waals surface area contributed by atoms with Crippen molar-refractivity contribution in [1.29, 1.82) is 0 Å². The monoisotopic (exact) mass is 362 g/mol. The Morgan fingerprint density at radius 2 is 2.08 bits per heavy atom. The van der Waals surface area contributed by atoms with Crippen molar-refractivity contribution in [3.8, 4) is 11.5 Å². The molecule has 1 spiro atoms. The summed E-state index contributed by atoms with van der Waals surface area (Å²) in [6.45, 7) is 1.68. The molecule has 0 saturated carbocycles. The van der Waals surface area contributed by atoms with Gasteiger partial charge in [0.15, 0.2) is 0 Å². The number of methoxy groups -OCH3 is 1. The summed E-state index contributed by atoms with van der Waals surface area (Å²) in [4.78, 5) is 28.8. The fourth-order valence-electron chi connectivity index (χ4n) is 3.88. The van der Waals surface area contributed by atoms with E-state index in [1.54, 1.807) is 17.0 Å². The predicted molar refractivity (Wildman–Crippen MR) is 95.3 cm³/mol. The molecular formula is C19H26N2O5. The zero-order valence-corrected chi connectivity index (χ0v) is 15.5. The van der Waals surface area contributed by atoms with Gasteiger partial charge in [-0.15, -0.1) is 0 Å². The third kappa shape index (κ3) is 3.49. The summed E-state index contributed by atoms with van der Waals surface area (Å²) in [7, 11) is 5.42. The quantitative estimate of drug-likeness (QED) is 0.818. The van der Waals surface area contributed by atoms with Gasteiger partial charge in [0, 0.05) is 32.1 Å². The fraction of sp³-hybridized carbons (Fsp3) is 0.579. The van der Waals surface area contributed by atoms with E-state index in [1.165, 1.54) is 13.2 Å². The number of hydrogen-bond acceptors (Lipinski definition) is 6. The van der Waals surface area contributed by atoms with Crippen LogP contribution in [0.2, 0.25) is 0 Å². The van der Waals surface area contributed by atoms with Crippen molar-refractivity contribution in [1.82, 2.24) is 9.80 Å². The molecule has 2 heterocycles. The Bertz CT molecular complexity index is 695. The lowest BCUT2D eigenvalue weighted by Gasteiger charge is -2.36. The van der Waals surface area contributed by atoms with Crippen molar-refractivity contribution in [3.63, 3.8) is 0 Å². The van der Waals surface area contributed by atoms with E-state index in [0.717, 1.165) is 6.54 Å². The summed E-state index contributed by atoms with van der Waals surface area (Å²) in [5.41, 5.74) is -0.222. The van der Waals surface area contributed by atoms with Crippen molar-refractivity contribution in [2.75, 3.05) is 40.8 Å². The zero-order valence-electron chi connectivity index (χ0n) is 15.5. The van der Waals surface area contributed by atoms with Crippen LogP contribution in [0.4, 0.5) is 0 Å². The first-order valence-electron chi connectivity index (χ1n) is 8.87. The molecule has 1 unspecified atom stereocenters. The lowest BCUT2D eigenvalue weighted by Crippen LogP contribution is -2.45. The molecule has 142 valence electrons. The number of carbonyl (C=O) groups is 2. The molecule has 0 aliphatic carbocycles. The highest BCUT2D eigenvalue weighted by Crippen LogP contribution is 2.43. The van der Waals surface area contributed by atoms with E-state index in [2.05, 4.69) is 0 Å². The Morgan fingerprint density at radius 3 is 2.65 bits per heavy atom. The average molecular weight is 362 g/mol. The molecule has 1 atom stereocenters. The van der Waals surface area contributed by atoms with Crippen molar-refractivity contribution < 1.29 is 24.2 Å². The lowest BCUT2D eigenvalue weighted by atomic mass is 9.76. The van der Waals surface area contributed by atoms with Gasteiger partial charge in [-0.1, -0.05) is 0 Å². The number of amides is 1. The van der Waals surface area contributed by atoms with Gasteiger partial charge >= 0.3 is 5.97 Å². The first-order valence-corrected chi connectivity index (χ1v) is 8.87. The fourth-order valence-corrected chi connectivity index (χ4v) is 3.88. The number of aromatic hydroxyl groups is 1. The van der Waals surface area contributed by atoms with E-state index < -0.39 is 5.41 Å². The van der Waals surface area contributed by atoms with Crippen molar-refractivity contribution in [3.05, 3.63) is 23.8 Å². The van der Waals surface area contributed by atoms with Crippen molar-refractivity contribution in [2.24, 2.45) is 5.41 Å². The van der Waals surface area contributed by atoms with Crippen LogP contribution in [0, 0.1) is 5.41 Å². The van der Waals surface area contributed by atoms with Gasteiger partial charge < -0.3 is 24.4 Å². The average Bonchev–Trinajstić information content (AvgIpc) is 2.89. The first-order chi connectivity index (χ1) is 12.3. The van der Waals surface area contributed by atoms with Gasteiger partial charge in [-0.2, -0.15) is 0 Å². The van der Waals surface area contributed by atoms with Crippen molar-refractivity contribution in [2.45, 2.75) is 25.4 Å². The van der Waals surface area contributed by atoms with Crippen LogP contribution in [0.1, 0.15) is 29.6 Å². The number of ether oxygens (including phenoxy) is 2. The largest absolute Gasteiger partial charge is 0.507 e. The Labute approximate surface area is 153 Å². The van der Waals surface area contributed by atoms with E-state index in [1.807, 2.05) is 19.0 Å². The zero-order chi connectivity index (χ0) is 18.9. The summed E-state index contributed by atoms with van der Waals surface area (Å²) in [5.74, 6) is 0.0400. The third-order valence-electron chi connectivity index (χ3n) is 5.34. The highest BCUT2D eigenvalue weighted by molar-refractivity contribution is 5.97. The van der Waals surface area contributed by atoms with Gasteiger partial charge in [0.05, 0.1) is 18.1 Å². The molecule has 2 aliphatic heterocycles. The van der Waals surface area contributed by atoms with Crippen LogP contribution >= 0.6 is 0 Å². The number of phenolic OH excluding ortho intramolecular Hbond substituents is 1. The maximum atomic E-state index is 12.7. The molecule has 1 N–H and O–H groups in total. The second-order valence-electron chi connectivity index (χ2n) is 7.45. The number of likely N-dealkylation sites (tertiary alicyclic amines) is 1. The number of cyclic esters (lactones) is 1. The molecular weight excluding hydrogens is 336 g/mol. The maximum absolute atomic E-state index is 12.7. The van der Waals surface area contributed by atoms with Gasteiger partial charge in [-0.3, -0.25) is 9.59 Å². The van der Waals surface area contributed by atoms with Gasteiger partial charge in [0.25, 0.3) is 5.91 Å². The number of hydrogen-bond donors (Lipinski definition) is 1. The Kier molecular flexibility index (Phi) is 5.09. The number of carbonyl (C=O) groups excluding carboxylic acids is 2. The van der Waals surface area contributed by atoms with E-state index >= 15 is 0 Å². The minimum atomic E-state index is -0.473. The minimum Gasteiger partial charge on any atom is -0.507 e. The normalized spacial score (nSPS) is 21.9. The van der Waals surface area contributed by atoms with E-state index in [-0.39, 0.29) is 29.3 Å². The topological polar surface area (TPSA) is 79.3 Å². The first kappa shape index (κ1) is 18.5. The molecule has 7 nitrogen and oxygen atoms in total. The Hall–Kier alpha value is -2.28. The molecule has 1 aromatic rings.